The highest BCUT2D eigenvalue weighted by atomic mass is 35.5. The number of aryl methyl sites for hydroxylation is 1. The molecule has 55 heavy (non-hydrogen) atoms. The Kier molecular flexibility index (Phi) is 16.4. The second-order valence-corrected chi connectivity index (χ2v) is 13.7. The molecule has 0 fully saturated rings. The van der Waals surface area contributed by atoms with Crippen LogP contribution in [0.2, 0.25) is 5.02 Å². The second kappa shape index (κ2) is 21.4. The summed E-state index contributed by atoms with van der Waals surface area (Å²) in [6.07, 6.45) is 1.05. The van der Waals surface area contributed by atoms with E-state index in [1.54, 1.807) is 0 Å². The first-order chi connectivity index (χ1) is 26.4. The van der Waals surface area contributed by atoms with Crippen molar-refractivity contribution in [2.45, 2.75) is 52.6 Å². The largest absolute Gasteiger partial charge is 0.492 e. The summed E-state index contributed by atoms with van der Waals surface area (Å²) in [4.78, 5) is 36.8. The van der Waals surface area contributed by atoms with Gasteiger partial charge in [0.25, 0.3) is 5.69 Å². The molecule has 0 unspecified atom stereocenters. The van der Waals surface area contributed by atoms with E-state index in [0.29, 0.717) is 62.1 Å². The number of likely N-dealkylation sites (N-methyl/N-ethyl adjacent to an activating group) is 1. The molecule has 292 valence electrons. The fraction of sp³-hybridized carbons (Fsp3) is 0.366. The van der Waals surface area contributed by atoms with E-state index < -0.39 is 10.5 Å². The quantitative estimate of drug-likeness (QED) is 0.0264. The van der Waals surface area contributed by atoms with Crippen molar-refractivity contribution < 1.29 is 38.2 Å². The Balaban J connectivity index is 1.07. The summed E-state index contributed by atoms with van der Waals surface area (Å²) in [5, 5.41) is 19.4. The molecule has 0 N–H and O–H groups in total. The molecule has 0 aliphatic heterocycles. The second-order valence-electron chi connectivity index (χ2n) is 13.3. The first-order valence-electron chi connectivity index (χ1n) is 18.0. The van der Waals surface area contributed by atoms with E-state index in [9.17, 15) is 19.7 Å². The van der Waals surface area contributed by atoms with E-state index in [0.717, 1.165) is 23.4 Å². The van der Waals surface area contributed by atoms with Gasteiger partial charge in [0, 0.05) is 30.8 Å². The number of nitro groups is 1. The minimum Gasteiger partial charge on any atom is -0.492 e. The molecule has 0 atom stereocenters. The van der Waals surface area contributed by atoms with E-state index in [4.69, 9.17) is 35.3 Å². The molecule has 4 rings (SSSR count). The fourth-order valence-corrected chi connectivity index (χ4v) is 5.34. The highest BCUT2D eigenvalue weighted by molar-refractivity contribution is 6.33. The lowest BCUT2D eigenvalue weighted by molar-refractivity contribution is -0.384. The van der Waals surface area contributed by atoms with Crippen LogP contribution in [0.15, 0.2) is 101 Å². The standard InChI is InChI=1S/C41H47ClN4O9/c1-5-45(33-13-11-32(12-14-33)43-44-38-20-15-34(46(49)50)29-37(38)42)22-23-52-35-18-8-31(9-19-35)28-40(48)54-27-25-51-24-26-53-36-16-6-30(7-17-36)10-21-39(47)55-41(2,3)4/h6-9,11-20,29H,5,10,21-28H2,1-4H3. The lowest BCUT2D eigenvalue weighted by Gasteiger charge is -2.23. The van der Waals surface area contributed by atoms with Crippen molar-refractivity contribution in [3.8, 4) is 11.5 Å². The van der Waals surface area contributed by atoms with E-state index in [-0.39, 0.29) is 42.3 Å². The number of nitrogens with zero attached hydrogens (tertiary/aromatic N) is 4. The van der Waals surface area contributed by atoms with Crippen LogP contribution in [0.25, 0.3) is 0 Å². The minimum atomic E-state index is -0.518. The van der Waals surface area contributed by atoms with Crippen LogP contribution >= 0.6 is 11.6 Å². The summed E-state index contributed by atoms with van der Waals surface area (Å²) in [6, 6.07) is 26.5. The number of benzene rings is 4. The number of hydrogen-bond acceptors (Lipinski definition) is 12. The van der Waals surface area contributed by atoms with E-state index in [2.05, 4.69) is 22.1 Å². The molecule has 0 aliphatic rings. The Hall–Kier alpha value is -5.53. The first-order valence-corrected chi connectivity index (χ1v) is 18.4. The van der Waals surface area contributed by atoms with Crippen LogP contribution in [0.5, 0.6) is 11.5 Å². The lowest BCUT2D eigenvalue weighted by atomic mass is 10.1. The normalized spacial score (nSPS) is 11.3. The number of carbonyl (C=O) groups excluding carboxylic acids is 2. The third-order valence-corrected chi connectivity index (χ3v) is 8.16. The van der Waals surface area contributed by atoms with E-state index >= 15 is 0 Å². The molecular formula is C41H47ClN4O9. The molecule has 0 bridgehead atoms. The Bertz CT molecular complexity index is 1860. The smallest absolute Gasteiger partial charge is 0.310 e. The average Bonchev–Trinajstić information content (AvgIpc) is 3.15. The number of azo groups is 1. The van der Waals surface area contributed by atoms with Gasteiger partial charge >= 0.3 is 11.9 Å². The maximum absolute atomic E-state index is 12.3. The van der Waals surface area contributed by atoms with Gasteiger partial charge in [0.1, 0.15) is 42.6 Å². The van der Waals surface area contributed by atoms with Crippen LogP contribution < -0.4 is 14.4 Å². The molecule has 0 aliphatic carbocycles. The van der Waals surface area contributed by atoms with E-state index in [1.807, 2.05) is 93.6 Å². The molecule has 0 spiro atoms. The number of rotatable bonds is 21. The number of carbonyl (C=O) groups is 2. The summed E-state index contributed by atoms with van der Waals surface area (Å²) in [5.41, 5.74) is 3.17. The Morgan fingerprint density at radius 2 is 1.42 bits per heavy atom. The predicted molar refractivity (Wildman–Crippen MR) is 210 cm³/mol. The minimum absolute atomic E-state index is 0.111. The van der Waals surface area contributed by atoms with Crippen LogP contribution in [0, 0.1) is 10.1 Å². The molecule has 14 heteroatoms. The highest BCUT2D eigenvalue weighted by Gasteiger charge is 2.16. The van der Waals surface area contributed by atoms with E-state index in [1.165, 1.54) is 18.2 Å². The zero-order valence-electron chi connectivity index (χ0n) is 31.6. The third-order valence-electron chi connectivity index (χ3n) is 7.86. The van der Waals surface area contributed by atoms with Crippen LogP contribution in [0.3, 0.4) is 0 Å². The van der Waals surface area contributed by atoms with Gasteiger partial charge in [-0.2, -0.15) is 5.11 Å². The SMILES string of the molecule is CCN(CCOc1ccc(CC(=O)OCCOCCOc2ccc(CCC(=O)OC(C)(C)C)cc2)cc1)c1ccc(N=Nc2ccc([N+](=O)[O-])cc2Cl)cc1. The summed E-state index contributed by atoms with van der Waals surface area (Å²) < 4.78 is 27.8. The molecule has 0 heterocycles. The highest BCUT2D eigenvalue weighted by Crippen LogP contribution is 2.31. The fourth-order valence-electron chi connectivity index (χ4n) is 5.12. The first kappa shape index (κ1) is 42.2. The van der Waals surface area contributed by atoms with Gasteiger partial charge in [-0.3, -0.25) is 19.7 Å². The lowest BCUT2D eigenvalue weighted by Crippen LogP contribution is -2.27. The molecule has 0 radical (unpaired) electrons. The molecule has 4 aromatic carbocycles. The van der Waals surface area contributed by atoms with Gasteiger partial charge in [0.15, 0.2) is 0 Å². The number of halogens is 1. The van der Waals surface area contributed by atoms with Gasteiger partial charge in [-0.1, -0.05) is 35.9 Å². The van der Waals surface area contributed by atoms with Gasteiger partial charge in [-0.15, -0.1) is 5.11 Å². The Morgan fingerprint density at radius 3 is 2.04 bits per heavy atom. The van der Waals surface area contributed by atoms with Crippen LogP contribution in [-0.4, -0.2) is 68.6 Å². The number of non-ortho nitro benzene ring substituents is 1. The van der Waals surface area contributed by atoms with Crippen molar-refractivity contribution in [3.63, 3.8) is 0 Å². The van der Waals surface area contributed by atoms with Crippen LogP contribution in [0.4, 0.5) is 22.7 Å². The number of esters is 2. The van der Waals surface area contributed by atoms with Crippen molar-refractivity contribution in [2.75, 3.05) is 51.0 Å². The zero-order valence-corrected chi connectivity index (χ0v) is 32.3. The maximum atomic E-state index is 12.3. The zero-order chi connectivity index (χ0) is 39.6. The van der Waals surface area contributed by atoms with Crippen molar-refractivity contribution in [1.29, 1.82) is 0 Å². The van der Waals surface area contributed by atoms with Crippen molar-refractivity contribution in [1.82, 2.24) is 0 Å². The average molecular weight is 775 g/mol. The maximum Gasteiger partial charge on any atom is 0.310 e. The van der Waals surface area contributed by atoms with Gasteiger partial charge in [-0.05, 0) is 99.8 Å². The van der Waals surface area contributed by atoms with Crippen molar-refractivity contribution in [2.24, 2.45) is 10.2 Å². The van der Waals surface area contributed by atoms with Crippen molar-refractivity contribution in [3.05, 3.63) is 117 Å². The Labute approximate surface area is 326 Å². The summed E-state index contributed by atoms with van der Waals surface area (Å²) in [5.74, 6) is 0.832. The van der Waals surface area contributed by atoms with Crippen molar-refractivity contribution >= 4 is 46.3 Å². The van der Waals surface area contributed by atoms with Crippen LogP contribution in [0.1, 0.15) is 45.2 Å². The van der Waals surface area contributed by atoms with Gasteiger partial charge in [0.05, 0.1) is 41.8 Å². The van der Waals surface area contributed by atoms with Gasteiger partial charge in [-0.25, -0.2) is 0 Å². The number of nitro benzene ring substituents is 1. The monoisotopic (exact) mass is 774 g/mol. The topological polar surface area (TPSA) is 151 Å². The molecule has 4 aromatic rings. The number of hydrogen-bond donors (Lipinski definition) is 0. The summed E-state index contributed by atoms with van der Waals surface area (Å²) >= 11 is 6.10. The summed E-state index contributed by atoms with van der Waals surface area (Å²) in [7, 11) is 0. The van der Waals surface area contributed by atoms with Gasteiger partial charge < -0.3 is 28.6 Å². The third kappa shape index (κ3) is 15.4. The molecule has 0 aromatic heterocycles. The Morgan fingerprint density at radius 1 is 0.782 bits per heavy atom. The molecule has 0 saturated carbocycles. The number of ether oxygens (including phenoxy) is 5. The molecule has 0 amide bonds. The molecular weight excluding hydrogens is 728 g/mol. The molecule has 0 saturated heterocycles. The predicted octanol–water partition coefficient (Wildman–Crippen LogP) is 9.02. The molecule has 13 nitrogen and oxygen atoms in total. The number of anilines is 1. The summed E-state index contributed by atoms with van der Waals surface area (Å²) in [6.45, 7) is 10.6. The van der Waals surface area contributed by atoms with Crippen LogP contribution in [-0.2, 0) is 36.6 Å². The van der Waals surface area contributed by atoms with Gasteiger partial charge in [0.2, 0.25) is 0 Å².